The SMILES string of the molecule is O=C(NCc1ccc(F)cc1F)c1cn2c(c(O)c1=O)C(=O)N1[C@H]3CC[C@@H](CC3)[C@H]1C2. The molecule has 1 aromatic heterocycles. The number of hydrogen-bond acceptors (Lipinski definition) is 4. The average molecular weight is 429 g/mol. The second-order valence-corrected chi connectivity index (χ2v) is 8.49. The van der Waals surface area contributed by atoms with Gasteiger partial charge in [-0.05, 0) is 37.7 Å². The maximum Gasteiger partial charge on any atom is 0.275 e. The van der Waals surface area contributed by atoms with Gasteiger partial charge in [0.1, 0.15) is 17.2 Å². The van der Waals surface area contributed by atoms with Crippen molar-refractivity contribution < 1.29 is 23.5 Å². The van der Waals surface area contributed by atoms with E-state index >= 15 is 0 Å². The molecule has 162 valence electrons. The minimum atomic E-state index is -0.947. The zero-order chi connectivity index (χ0) is 21.9. The van der Waals surface area contributed by atoms with Crippen molar-refractivity contribution in [3.63, 3.8) is 0 Å². The number of carbonyl (C=O) groups is 2. The highest BCUT2D eigenvalue weighted by atomic mass is 19.1. The number of nitrogens with one attached hydrogen (secondary N) is 1. The molecule has 1 saturated carbocycles. The molecule has 1 atom stereocenters. The van der Waals surface area contributed by atoms with Crippen LogP contribution in [0.4, 0.5) is 8.78 Å². The Morgan fingerprint density at radius 1 is 1.16 bits per heavy atom. The first-order valence-corrected chi connectivity index (χ1v) is 10.4. The predicted molar refractivity (Wildman–Crippen MR) is 106 cm³/mol. The Kier molecular flexibility index (Phi) is 4.56. The summed E-state index contributed by atoms with van der Waals surface area (Å²) in [6, 6.07) is 3.08. The van der Waals surface area contributed by atoms with Crippen LogP contribution in [0, 0.1) is 17.6 Å². The molecule has 2 bridgehead atoms. The molecular weight excluding hydrogens is 408 g/mol. The summed E-state index contributed by atoms with van der Waals surface area (Å²) in [6.07, 6.45) is 5.23. The van der Waals surface area contributed by atoms with Gasteiger partial charge in [-0.2, -0.15) is 0 Å². The lowest BCUT2D eigenvalue weighted by atomic mass is 9.73. The van der Waals surface area contributed by atoms with E-state index in [2.05, 4.69) is 5.32 Å². The van der Waals surface area contributed by atoms with E-state index in [1.165, 1.54) is 16.8 Å². The number of nitrogens with zero attached hydrogens (tertiary/aromatic N) is 2. The van der Waals surface area contributed by atoms with Crippen LogP contribution in [0.1, 0.15) is 52.1 Å². The molecule has 6 rings (SSSR count). The van der Waals surface area contributed by atoms with Crippen LogP contribution >= 0.6 is 0 Å². The van der Waals surface area contributed by atoms with Crippen molar-refractivity contribution in [2.75, 3.05) is 0 Å². The number of carbonyl (C=O) groups excluding carboxylic acids is 2. The number of aromatic nitrogens is 1. The fourth-order valence-electron chi connectivity index (χ4n) is 5.26. The molecule has 0 radical (unpaired) electrons. The lowest BCUT2D eigenvalue weighted by molar-refractivity contribution is -0.0181. The maximum absolute atomic E-state index is 13.8. The van der Waals surface area contributed by atoms with Gasteiger partial charge in [-0.1, -0.05) is 6.07 Å². The molecule has 1 aliphatic carbocycles. The van der Waals surface area contributed by atoms with E-state index < -0.39 is 28.7 Å². The molecule has 7 nitrogen and oxygen atoms in total. The second kappa shape index (κ2) is 7.18. The van der Waals surface area contributed by atoms with Gasteiger partial charge in [0, 0.05) is 37.0 Å². The Labute approximate surface area is 176 Å². The number of aromatic hydroxyl groups is 1. The van der Waals surface area contributed by atoms with Crippen LogP contribution in [0.15, 0.2) is 29.2 Å². The Bertz CT molecular complexity index is 1150. The van der Waals surface area contributed by atoms with Gasteiger partial charge < -0.3 is 19.9 Å². The van der Waals surface area contributed by atoms with Gasteiger partial charge in [-0.25, -0.2) is 8.78 Å². The van der Waals surface area contributed by atoms with E-state index in [1.807, 2.05) is 4.90 Å². The highest BCUT2D eigenvalue weighted by Crippen LogP contribution is 2.43. The molecule has 3 fully saturated rings. The molecule has 4 aliphatic rings. The number of fused-ring (bicyclic) bond motifs is 3. The first-order valence-electron chi connectivity index (χ1n) is 10.4. The number of halogens is 2. The first kappa shape index (κ1) is 19.7. The molecule has 4 heterocycles. The maximum atomic E-state index is 13.8. The van der Waals surface area contributed by atoms with Crippen molar-refractivity contribution in [2.45, 2.75) is 50.9 Å². The van der Waals surface area contributed by atoms with Crippen LogP contribution in [0.3, 0.4) is 0 Å². The zero-order valence-electron chi connectivity index (χ0n) is 16.6. The molecule has 31 heavy (non-hydrogen) atoms. The molecule has 3 aliphatic heterocycles. The summed E-state index contributed by atoms with van der Waals surface area (Å²) in [5, 5.41) is 12.9. The Balaban J connectivity index is 1.44. The number of amides is 2. The molecule has 0 unspecified atom stereocenters. The highest BCUT2D eigenvalue weighted by molar-refractivity contribution is 5.99. The zero-order valence-corrected chi connectivity index (χ0v) is 16.6. The number of rotatable bonds is 3. The topological polar surface area (TPSA) is 91.6 Å². The monoisotopic (exact) mass is 429 g/mol. The predicted octanol–water partition coefficient (Wildman–Crippen LogP) is 2.16. The summed E-state index contributed by atoms with van der Waals surface area (Å²) < 4.78 is 28.3. The third-order valence-electron chi connectivity index (χ3n) is 6.81. The fourth-order valence-corrected chi connectivity index (χ4v) is 5.26. The fraction of sp³-hybridized carbons (Fsp3) is 0.409. The van der Waals surface area contributed by atoms with E-state index in [-0.39, 0.29) is 41.4 Å². The minimum Gasteiger partial charge on any atom is -0.503 e. The summed E-state index contributed by atoms with van der Waals surface area (Å²) in [7, 11) is 0. The summed E-state index contributed by atoms with van der Waals surface area (Å²) >= 11 is 0. The van der Waals surface area contributed by atoms with Gasteiger partial charge in [0.15, 0.2) is 11.4 Å². The summed E-state index contributed by atoms with van der Waals surface area (Å²) in [4.78, 5) is 40.2. The average Bonchev–Trinajstić information content (AvgIpc) is 2.76. The quantitative estimate of drug-likeness (QED) is 0.782. The lowest BCUT2D eigenvalue weighted by Gasteiger charge is -2.53. The molecule has 2 amide bonds. The summed E-state index contributed by atoms with van der Waals surface area (Å²) in [5.41, 5.74) is -1.31. The van der Waals surface area contributed by atoms with Gasteiger partial charge >= 0.3 is 0 Å². The molecule has 9 heteroatoms. The second-order valence-electron chi connectivity index (χ2n) is 8.49. The van der Waals surface area contributed by atoms with Crippen LogP contribution in [-0.2, 0) is 13.1 Å². The number of pyridine rings is 1. The van der Waals surface area contributed by atoms with Crippen LogP contribution in [0.2, 0.25) is 0 Å². The van der Waals surface area contributed by atoms with E-state index in [9.17, 15) is 28.3 Å². The Morgan fingerprint density at radius 2 is 1.90 bits per heavy atom. The van der Waals surface area contributed by atoms with Crippen molar-refractivity contribution in [1.82, 2.24) is 14.8 Å². The molecule has 1 aromatic carbocycles. The normalized spacial score (nSPS) is 24.0. The van der Waals surface area contributed by atoms with Gasteiger partial charge in [0.2, 0.25) is 5.43 Å². The van der Waals surface area contributed by atoms with Crippen LogP contribution in [-0.4, -0.2) is 38.5 Å². The standard InChI is InChI=1S/C22H21F2N3O4/c23-13-4-1-12(16(24)7-13)8-25-21(30)15-9-26-10-17-11-2-5-14(6-3-11)27(17)22(31)18(26)20(29)19(15)28/h1,4,7,9,11,14,17,29H,2-3,5-6,8,10H2,(H,25,30)/t11-,14-,17-/m1/s1. The van der Waals surface area contributed by atoms with E-state index in [4.69, 9.17) is 0 Å². The largest absolute Gasteiger partial charge is 0.503 e. The lowest BCUT2D eigenvalue weighted by Crippen LogP contribution is -2.61. The van der Waals surface area contributed by atoms with Gasteiger partial charge in [-0.3, -0.25) is 14.4 Å². The van der Waals surface area contributed by atoms with Crippen LogP contribution < -0.4 is 10.7 Å². The third-order valence-corrected chi connectivity index (χ3v) is 6.81. The highest BCUT2D eigenvalue weighted by Gasteiger charge is 2.48. The van der Waals surface area contributed by atoms with Crippen molar-refractivity contribution in [3.8, 4) is 5.75 Å². The molecule has 2 aromatic rings. The Hall–Kier alpha value is -3.23. The summed E-state index contributed by atoms with van der Waals surface area (Å²) in [5.74, 6) is -3.11. The molecular formula is C22H21F2N3O4. The Morgan fingerprint density at radius 3 is 2.61 bits per heavy atom. The van der Waals surface area contributed by atoms with Gasteiger partial charge in [0.05, 0.1) is 6.04 Å². The number of hydrogen-bond donors (Lipinski definition) is 2. The first-order chi connectivity index (χ1) is 14.8. The smallest absolute Gasteiger partial charge is 0.275 e. The van der Waals surface area contributed by atoms with Crippen molar-refractivity contribution in [2.24, 2.45) is 5.92 Å². The van der Waals surface area contributed by atoms with Crippen molar-refractivity contribution >= 4 is 11.8 Å². The molecule has 2 N–H and O–H groups in total. The van der Waals surface area contributed by atoms with E-state index in [0.717, 1.165) is 31.7 Å². The van der Waals surface area contributed by atoms with Crippen molar-refractivity contribution in [1.29, 1.82) is 0 Å². The van der Waals surface area contributed by atoms with Crippen LogP contribution in [0.25, 0.3) is 0 Å². The minimum absolute atomic E-state index is 0.0152. The molecule has 2 saturated heterocycles. The van der Waals surface area contributed by atoms with Gasteiger partial charge in [0.25, 0.3) is 11.8 Å². The van der Waals surface area contributed by atoms with Crippen LogP contribution in [0.5, 0.6) is 5.75 Å². The van der Waals surface area contributed by atoms with E-state index in [0.29, 0.717) is 18.5 Å². The summed E-state index contributed by atoms with van der Waals surface area (Å²) in [6.45, 7) is 0.148. The van der Waals surface area contributed by atoms with E-state index in [1.54, 1.807) is 0 Å². The number of benzene rings is 1. The van der Waals surface area contributed by atoms with Gasteiger partial charge in [-0.15, -0.1) is 0 Å². The van der Waals surface area contributed by atoms with Crippen molar-refractivity contribution in [3.05, 3.63) is 63.1 Å². The number of piperidine rings is 2. The third kappa shape index (κ3) is 3.10. The molecule has 0 spiro atoms.